The van der Waals surface area contributed by atoms with E-state index in [1.54, 1.807) is 11.8 Å². The van der Waals surface area contributed by atoms with Crippen LogP contribution in [0, 0.1) is 6.92 Å². The fraction of sp³-hybridized carbons (Fsp3) is 0.364. The van der Waals surface area contributed by atoms with Crippen molar-refractivity contribution in [3.8, 4) is 0 Å². The van der Waals surface area contributed by atoms with Gasteiger partial charge in [0.05, 0.1) is 0 Å². The van der Waals surface area contributed by atoms with Gasteiger partial charge in [0.15, 0.2) is 0 Å². The molecule has 0 aromatic heterocycles. The SMILES string of the molecule is CCNC(=O)[C@H](C)N(Cc1ccccc1C)C(=O)CCc1ccccc1Cl. The number of benzene rings is 2. The second-order valence-corrected chi connectivity index (χ2v) is 7.02. The first-order valence-corrected chi connectivity index (χ1v) is 9.67. The van der Waals surface area contributed by atoms with Crippen molar-refractivity contribution in [2.24, 2.45) is 0 Å². The molecule has 0 saturated heterocycles. The fourth-order valence-corrected chi connectivity index (χ4v) is 3.19. The molecule has 4 nitrogen and oxygen atoms in total. The van der Waals surface area contributed by atoms with E-state index in [1.807, 2.05) is 62.4 Å². The Kier molecular flexibility index (Phi) is 7.86. The average Bonchev–Trinajstić information content (AvgIpc) is 2.66. The normalized spacial score (nSPS) is 11.7. The number of aryl methyl sites for hydroxylation is 2. The summed E-state index contributed by atoms with van der Waals surface area (Å²) in [5.41, 5.74) is 3.08. The molecule has 0 heterocycles. The molecule has 0 radical (unpaired) electrons. The maximum atomic E-state index is 13.0. The van der Waals surface area contributed by atoms with Crippen molar-refractivity contribution in [2.75, 3.05) is 6.54 Å². The molecule has 0 aliphatic heterocycles. The summed E-state index contributed by atoms with van der Waals surface area (Å²) in [6.45, 7) is 6.60. The van der Waals surface area contributed by atoms with Crippen LogP contribution in [0.3, 0.4) is 0 Å². The van der Waals surface area contributed by atoms with Crippen LogP contribution in [0.15, 0.2) is 48.5 Å². The van der Waals surface area contributed by atoms with E-state index in [-0.39, 0.29) is 11.8 Å². The summed E-state index contributed by atoms with van der Waals surface area (Å²) >= 11 is 6.20. The first-order valence-electron chi connectivity index (χ1n) is 9.29. The van der Waals surface area contributed by atoms with E-state index in [2.05, 4.69) is 5.32 Å². The molecule has 0 fully saturated rings. The molecule has 0 aliphatic rings. The molecule has 1 N–H and O–H groups in total. The Balaban J connectivity index is 2.17. The number of halogens is 1. The van der Waals surface area contributed by atoms with E-state index < -0.39 is 6.04 Å². The van der Waals surface area contributed by atoms with Gasteiger partial charge in [-0.25, -0.2) is 0 Å². The summed E-state index contributed by atoms with van der Waals surface area (Å²) in [5, 5.41) is 3.47. The van der Waals surface area contributed by atoms with Crippen LogP contribution in [-0.2, 0) is 22.6 Å². The highest BCUT2D eigenvalue weighted by Gasteiger charge is 2.26. The van der Waals surface area contributed by atoms with Crippen molar-refractivity contribution in [3.05, 3.63) is 70.2 Å². The monoisotopic (exact) mass is 386 g/mol. The number of carbonyl (C=O) groups excluding carboxylic acids is 2. The number of hydrogen-bond acceptors (Lipinski definition) is 2. The highest BCUT2D eigenvalue weighted by atomic mass is 35.5. The number of hydrogen-bond donors (Lipinski definition) is 1. The molecule has 0 bridgehead atoms. The topological polar surface area (TPSA) is 49.4 Å². The minimum absolute atomic E-state index is 0.0584. The van der Waals surface area contributed by atoms with Gasteiger partial charge in [-0.3, -0.25) is 9.59 Å². The van der Waals surface area contributed by atoms with Crippen LogP contribution in [0.25, 0.3) is 0 Å². The van der Waals surface area contributed by atoms with Crippen LogP contribution in [0.2, 0.25) is 5.02 Å². The molecule has 5 heteroatoms. The van der Waals surface area contributed by atoms with Gasteiger partial charge in [0.25, 0.3) is 0 Å². The molecule has 144 valence electrons. The number of likely N-dealkylation sites (N-methyl/N-ethyl adjacent to an activating group) is 1. The highest BCUT2D eigenvalue weighted by Crippen LogP contribution is 2.19. The van der Waals surface area contributed by atoms with E-state index in [9.17, 15) is 9.59 Å². The van der Waals surface area contributed by atoms with Crippen LogP contribution < -0.4 is 5.32 Å². The van der Waals surface area contributed by atoms with E-state index in [0.29, 0.717) is 31.0 Å². The molecule has 1 atom stereocenters. The minimum atomic E-state index is -0.539. The minimum Gasteiger partial charge on any atom is -0.355 e. The van der Waals surface area contributed by atoms with Gasteiger partial charge in [-0.1, -0.05) is 54.1 Å². The number of carbonyl (C=O) groups is 2. The van der Waals surface area contributed by atoms with E-state index in [4.69, 9.17) is 11.6 Å². The summed E-state index contributed by atoms with van der Waals surface area (Å²) < 4.78 is 0. The first-order chi connectivity index (χ1) is 12.9. The van der Waals surface area contributed by atoms with E-state index in [1.165, 1.54) is 0 Å². The van der Waals surface area contributed by atoms with Crippen molar-refractivity contribution >= 4 is 23.4 Å². The lowest BCUT2D eigenvalue weighted by molar-refractivity contribution is -0.140. The van der Waals surface area contributed by atoms with Gasteiger partial charge in [-0.15, -0.1) is 0 Å². The molecule has 2 rings (SSSR count). The quantitative estimate of drug-likeness (QED) is 0.741. The van der Waals surface area contributed by atoms with Gasteiger partial charge >= 0.3 is 0 Å². The average molecular weight is 387 g/mol. The van der Waals surface area contributed by atoms with Gasteiger partial charge in [0.1, 0.15) is 6.04 Å². The Morgan fingerprint density at radius 3 is 2.33 bits per heavy atom. The number of amides is 2. The molecule has 2 amide bonds. The molecular weight excluding hydrogens is 360 g/mol. The van der Waals surface area contributed by atoms with Gasteiger partial charge in [-0.2, -0.15) is 0 Å². The van der Waals surface area contributed by atoms with Crippen LogP contribution >= 0.6 is 11.6 Å². The van der Waals surface area contributed by atoms with Crippen molar-refractivity contribution in [1.82, 2.24) is 10.2 Å². The third kappa shape index (κ3) is 5.83. The van der Waals surface area contributed by atoms with E-state index >= 15 is 0 Å². The lowest BCUT2D eigenvalue weighted by Gasteiger charge is -2.29. The Bertz CT molecular complexity index is 791. The third-order valence-corrected chi connectivity index (χ3v) is 5.06. The zero-order chi connectivity index (χ0) is 19.8. The van der Waals surface area contributed by atoms with Crippen LogP contribution in [0.5, 0.6) is 0 Å². The maximum Gasteiger partial charge on any atom is 0.242 e. The smallest absolute Gasteiger partial charge is 0.242 e. The van der Waals surface area contributed by atoms with Crippen LogP contribution in [0.1, 0.15) is 37.0 Å². The molecule has 0 saturated carbocycles. The Morgan fingerprint density at radius 2 is 1.70 bits per heavy atom. The van der Waals surface area contributed by atoms with Gasteiger partial charge < -0.3 is 10.2 Å². The summed E-state index contributed by atoms with van der Waals surface area (Å²) in [7, 11) is 0. The second kappa shape index (κ2) is 10.1. The lowest BCUT2D eigenvalue weighted by Crippen LogP contribution is -2.47. The Labute approximate surface area is 166 Å². The molecule has 2 aromatic rings. The molecule has 0 spiro atoms. The highest BCUT2D eigenvalue weighted by molar-refractivity contribution is 6.31. The summed E-state index contributed by atoms with van der Waals surface area (Å²) in [4.78, 5) is 27.0. The van der Waals surface area contributed by atoms with Gasteiger partial charge in [0.2, 0.25) is 11.8 Å². The predicted molar refractivity (Wildman–Crippen MR) is 110 cm³/mol. The van der Waals surface area contributed by atoms with Gasteiger partial charge in [-0.05, 0) is 49.9 Å². The van der Waals surface area contributed by atoms with Crippen molar-refractivity contribution < 1.29 is 9.59 Å². The summed E-state index contributed by atoms with van der Waals surface area (Å²) in [5.74, 6) is -0.200. The molecule has 0 aliphatic carbocycles. The Hall–Kier alpha value is -2.33. The van der Waals surface area contributed by atoms with Gasteiger partial charge in [0, 0.05) is 24.5 Å². The summed E-state index contributed by atoms with van der Waals surface area (Å²) in [6.07, 6.45) is 0.851. The largest absolute Gasteiger partial charge is 0.355 e. The fourth-order valence-electron chi connectivity index (χ4n) is 2.96. The lowest BCUT2D eigenvalue weighted by atomic mass is 10.1. The zero-order valence-electron chi connectivity index (χ0n) is 16.2. The van der Waals surface area contributed by atoms with Crippen molar-refractivity contribution in [2.45, 2.75) is 46.2 Å². The predicted octanol–water partition coefficient (Wildman–Crippen LogP) is 4.13. The molecular formula is C22H27ClN2O2. The molecule has 0 unspecified atom stereocenters. The van der Waals surface area contributed by atoms with Crippen LogP contribution in [0.4, 0.5) is 0 Å². The Morgan fingerprint density at radius 1 is 1.07 bits per heavy atom. The maximum absolute atomic E-state index is 13.0. The number of nitrogens with zero attached hydrogens (tertiary/aromatic N) is 1. The summed E-state index contributed by atoms with van der Waals surface area (Å²) in [6, 6.07) is 14.9. The number of nitrogens with one attached hydrogen (secondary N) is 1. The zero-order valence-corrected chi connectivity index (χ0v) is 16.9. The third-order valence-electron chi connectivity index (χ3n) is 4.69. The van der Waals surface area contributed by atoms with Crippen molar-refractivity contribution in [3.63, 3.8) is 0 Å². The second-order valence-electron chi connectivity index (χ2n) is 6.61. The van der Waals surface area contributed by atoms with Crippen LogP contribution in [-0.4, -0.2) is 29.3 Å². The van der Waals surface area contributed by atoms with Crippen molar-refractivity contribution in [1.29, 1.82) is 0 Å². The first kappa shape index (κ1) is 21.0. The molecule has 27 heavy (non-hydrogen) atoms. The standard InChI is InChI=1S/C22H27ClN2O2/c1-4-24-22(27)17(3)25(15-19-11-6-5-9-16(19)2)21(26)14-13-18-10-7-8-12-20(18)23/h5-12,17H,4,13-15H2,1-3H3,(H,24,27)/t17-/m0/s1. The van der Waals surface area contributed by atoms with E-state index in [0.717, 1.165) is 16.7 Å². The molecule has 2 aromatic carbocycles. The number of rotatable bonds is 8.